The summed E-state index contributed by atoms with van der Waals surface area (Å²) in [5.41, 5.74) is 4.42. The number of carbonyl (C=O) groups is 1. The maximum Gasteiger partial charge on any atom is 0.238 e. The summed E-state index contributed by atoms with van der Waals surface area (Å²) in [6.45, 7) is 0. The molecule has 3 N–H and O–H groups in total. The van der Waals surface area contributed by atoms with Gasteiger partial charge in [-0.25, -0.2) is 13.6 Å². The number of carbonyl (C=O) groups excluding carboxylic acids is 1. The molecule has 0 heterocycles. The van der Waals surface area contributed by atoms with Crippen molar-refractivity contribution in [3.05, 3.63) is 59.2 Å². The van der Waals surface area contributed by atoms with E-state index in [1.807, 2.05) is 12.1 Å². The van der Waals surface area contributed by atoms with Crippen molar-refractivity contribution in [2.24, 2.45) is 5.14 Å². The third kappa shape index (κ3) is 4.46. The highest BCUT2D eigenvalue weighted by Gasteiger charge is 2.14. The first-order valence-electron chi connectivity index (χ1n) is 8.46. The first-order valence-corrected chi connectivity index (χ1v) is 10.0. The maximum absolute atomic E-state index is 12.3. The smallest absolute Gasteiger partial charge is 0.238 e. The van der Waals surface area contributed by atoms with Gasteiger partial charge in [-0.15, -0.1) is 0 Å². The topological polar surface area (TPSA) is 89.3 Å². The van der Waals surface area contributed by atoms with Crippen LogP contribution in [0.15, 0.2) is 47.4 Å². The minimum atomic E-state index is -3.68. The quantitative estimate of drug-likeness (QED) is 0.861. The van der Waals surface area contributed by atoms with Gasteiger partial charge in [-0.05, 0) is 67.0 Å². The molecule has 0 fully saturated rings. The van der Waals surface area contributed by atoms with Crippen LogP contribution in [0.3, 0.4) is 0 Å². The molecule has 0 aliphatic heterocycles. The van der Waals surface area contributed by atoms with Crippen molar-refractivity contribution in [3.8, 4) is 0 Å². The second-order valence-corrected chi connectivity index (χ2v) is 7.95. The van der Waals surface area contributed by atoms with Crippen molar-refractivity contribution in [2.75, 3.05) is 5.32 Å². The van der Waals surface area contributed by atoms with E-state index in [0.29, 0.717) is 12.8 Å². The maximum atomic E-state index is 12.3. The van der Waals surface area contributed by atoms with E-state index in [0.717, 1.165) is 30.5 Å². The summed E-state index contributed by atoms with van der Waals surface area (Å²) in [5, 5.41) is 8.10. The van der Waals surface area contributed by atoms with Gasteiger partial charge in [0.2, 0.25) is 15.9 Å². The monoisotopic (exact) mass is 358 g/mol. The second kappa shape index (κ2) is 7.37. The molecule has 2 aromatic rings. The van der Waals surface area contributed by atoms with E-state index in [-0.39, 0.29) is 10.8 Å². The standard InChI is InChI=1S/C19H22N2O3S/c20-25(23,24)16-11-8-14(9-12-16)10-13-19(22)21-18-7-3-5-15-4-1-2-6-17(15)18/h3,5,7-9,11-12H,1-2,4,6,10,13H2,(H,21,22)(H2,20,23,24). The Balaban J connectivity index is 1.60. The number of hydrogen-bond acceptors (Lipinski definition) is 3. The molecule has 3 rings (SSSR count). The number of benzene rings is 2. The number of fused-ring (bicyclic) bond motifs is 1. The molecule has 0 atom stereocenters. The van der Waals surface area contributed by atoms with E-state index >= 15 is 0 Å². The Morgan fingerprint density at radius 1 is 1.04 bits per heavy atom. The molecule has 5 nitrogen and oxygen atoms in total. The van der Waals surface area contributed by atoms with E-state index in [9.17, 15) is 13.2 Å². The van der Waals surface area contributed by atoms with Crippen LogP contribution in [0.2, 0.25) is 0 Å². The molecule has 0 saturated carbocycles. The Bertz CT molecular complexity index is 874. The van der Waals surface area contributed by atoms with Gasteiger partial charge < -0.3 is 5.32 Å². The highest BCUT2D eigenvalue weighted by Crippen LogP contribution is 2.28. The lowest BCUT2D eigenvalue weighted by Gasteiger charge is -2.19. The van der Waals surface area contributed by atoms with Crippen LogP contribution in [-0.4, -0.2) is 14.3 Å². The number of sulfonamides is 1. The van der Waals surface area contributed by atoms with E-state index < -0.39 is 10.0 Å². The zero-order valence-corrected chi connectivity index (χ0v) is 14.8. The third-order valence-corrected chi connectivity index (χ3v) is 5.49. The predicted molar refractivity (Wildman–Crippen MR) is 97.8 cm³/mol. The molecule has 0 bridgehead atoms. The second-order valence-electron chi connectivity index (χ2n) is 6.39. The Morgan fingerprint density at radius 3 is 2.48 bits per heavy atom. The number of nitrogens with two attached hydrogens (primary N) is 1. The van der Waals surface area contributed by atoms with Crippen LogP contribution < -0.4 is 10.5 Å². The van der Waals surface area contributed by atoms with Crippen LogP contribution in [-0.2, 0) is 34.1 Å². The van der Waals surface area contributed by atoms with Gasteiger partial charge in [-0.2, -0.15) is 0 Å². The van der Waals surface area contributed by atoms with Crippen LogP contribution in [0.4, 0.5) is 5.69 Å². The van der Waals surface area contributed by atoms with Gasteiger partial charge in [0, 0.05) is 12.1 Å². The highest BCUT2D eigenvalue weighted by molar-refractivity contribution is 7.89. The molecule has 0 unspecified atom stereocenters. The van der Waals surface area contributed by atoms with Gasteiger partial charge in [0.05, 0.1) is 4.90 Å². The molecular formula is C19H22N2O3S. The van der Waals surface area contributed by atoms with Crippen molar-refractivity contribution >= 4 is 21.6 Å². The van der Waals surface area contributed by atoms with Gasteiger partial charge in [0.1, 0.15) is 0 Å². The average molecular weight is 358 g/mol. The summed E-state index contributed by atoms with van der Waals surface area (Å²) in [6, 6.07) is 12.4. The minimum absolute atomic E-state index is 0.0329. The van der Waals surface area contributed by atoms with Crippen LogP contribution in [0.25, 0.3) is 0 Å². The minimum Gasteiger partial charge on any atom is -0.326 e. The number of aryl methyl sites for hydroxylation is 2. The largest absolute Gasteiger partial charge is 0.326 e. The van der Waals surface area contributed by atoms with Crippen molar-refractivity contribution in [3.63, 3.8) is 0 Å². The van der Waals surface area contributed by atoms with Gasteiger partial charge in [0.25, 0.3) is 0 Å². The Kier molecular flexibility index (Phi) is 5.20. The average Bonchev–Trinajstić information content (AvgIpc) is 2.60. The van der Waals surface area contributed by atoms with E-state index in [4.69, 9.17) is 5.14 Å². The van der Waals surface area contributed by atoms with Gasteiger partial charge in [0.15, 0.2) is 0 Å². The number of primary sulfonamides is 1. The predicted octanol–water partition coefficient (Wildman–Crippen LogP) is 2.78. The lowest BCUT2D eigenvalue weighted by molar-refractivity contribution is -0.116. The van der Waals surface area contributed by atoms with Crippen molar-refractivity contribution in [1.29, 1.82) is 0 Å². The van der Waals surface area contributed by atoms with Gasteiger partial charge in [-0.1, -0.05) is 24.3 Å². The van der Waals surface area contributed by atoms with E-state index in [2.05, 4.69) is 11.4 Å². The Hall–Kier alpha value is -2.18. The Morgan fingerprint density at radius 2 is 1.76 bits per heavy atom. The summed E-state index contributed by atoms with van der Waals surface area (Å²) in [6.07, 6.45) is 5.36. The third-order valence-electron chi connectivity index (χ3n) is 4.56. The van der Waals surface area contributed by atoms with Crippen molar-refractivity contribution in [1.82, 2.24) is 0 Å². The molecule has 0 radical (unpaired) electrons. The molecule has 25 heavy (non-hydrogen) atoms. The molecule has 1 aliphatic rings. The zero-order valence-electron chi connectivity index (χ0n) is 14.0. The number of amides is 1. The van der Waals surface area contributed by atoms with Gasteiger partial charge >= 0.3 is 0 Å². The molecule has 0 spiro atoms. The van der Waals surface area contributed by atoms with Crippen LogP contribution in [0, 0.1) is 0 Å². The summed E-state index contributed by atoms with van der Waals surface area (Å²) in [5.74, 6) is -0.0329. The van der Waals surface area contributed by atoms with Gasteiger partial charge in [-0.3, -0.25) is 4.79 Å². The van der Waals surface area contributed by atoms with Crippen molar-refractivity contribution < 1.29 is 13.2 Å². The highest BCUT2D eigenvalue weighted by atomic mass is 32.2. The summed E-state index contributed by atoms with van der Waals surface area (Å²) >= 11 is 0. The molecule has 0 saturated heterocycles. The molecule has 6 heteroatoms. The molecule has 1 aliphatic carbocycles. The SMILES string of the molecule is NS(=O)(=O)c1ccc(CCC(=O)Nc2cccc3c2CCCC3)cc1. The molecule has 2 aromatic carbocycles. The van der Waals surface area contributed by atoms with Crippen LogP contribution >= 0.6 is 0 Å². The molecule has 132 valence electrons. The van der Waals surface area contributed by atoms with Crippen LogP contribution in [0.5, 0.6) is 0 Å². The first kappa shape index (κ1) is 17.6. The fourth-order valence-corrected chi connectivity index (χ4v) is 3.73. The first-order chi connectivity index (χ1) is 11.9. The number of hydrogen-bond donors (Lipinski definition) is 2. The summed E-state index contributed by atoms with van der Waals surface area (Å²) < 4.78 is 22.5. The molecule has 1 amide bonds. The fourth-order valence-electron chi connectivity index (χ4n) is 3.21. The van der Waals surface area contributed by atoms with E-state index in [1.54, 1.807) is 12.1 Å². The van der Waals surface area contributed by atoms with E-state index in [1.165, 1.54) is 29.7 Å². The number of nitrogens with one attached hydrogen (secondary N) is 1. The molecular weight excluding hydrogens is 336 g/mol. The summed E-state index contributed by atoms with van der Waals surface area (Å²) in [7, 11) is -3.68. The number of rotatable bonds is 5. The number of anilines is 1. The normalized spacial score (nSPS) is 14.0. The lowest BCUT2D eigenvalue weighted by Crippen LogP contribution is -2.16. The summed E-state index contributed by atoms with van der Waals surface area (Å²) in [4.78, 5) is 12.4. The molecule has 0 aromatic heterocycles. The Labute approximate surface area is 148 Å². The fraction of sp³-hybridized carbons (Fsp3) is 0.316. The zero-order chi connectivity index (χ0) is 17.9. The van der Waals surface area contributed by atoms with Crippen LogP contribution in [0.1, 0.15) is 36.0 Å². The lowest BCUT2D eigenvalue weighted by atomic mass is 9.90. The van der Waals surface area contributed by atoms with Crippen molar-refractivity contribution in [2.45, 2.75) is 43.4 Å².